The van der Waals surface area contributed by atoms with E-state index in [1.807, 2.05) is 6.07 Å². The summed E-state index contributed by atoms with van der Waals surface area (Å²) in [5.41, 5.74) is 18.2. The molecule has 0 fully saturated rings. The zero-order chi connectivity index (χ0) is 41.4. The lowest BCUT2D eigenvalue weighted by atomic mass is 9.81. The van der Waals surface area contributed by atoms with Gasteiger partial charge in [0.2, 0.25) is 0 Å². The van der Waals surface area contributed by atoms with Gasteiger partial charge in [-0.25, -0.2) is 9.97 Å². The SMILES string of the molecule is CC1(C)c2cc3ccccc3cc2-c2c(-c3cccc(-c4cc(-c5ccccc5-c5cccc6c7ccccc7n(-c7ccccc7)c56)nc(-c5ccccc5)n4)c3)cccc21. The van der Waals surface area contributed by atoms with Crippen molar-refractivity contribution >= 4 is 32.6 Å². The molecule has 0 N–H and O–H groups in total. The van der Waals surface area contributed by atoms with Crippen LogP contribution in [0.25, 0.3) is 106 Å². The van der Waals surface area contributed by atoms with Gasteiger partial charge in [-0.05, 0) is 92.2 Å². The maximum atomic E-state index is 5.36. The van der Waals surface area contributed by atoms with Gasteiger partial charge in [-0.1, -0.05) is 184 Å². The second-order valence-corrected chi connectivity index (χ2v) is 16.9. The fourth-order valence-electron chi connectivity index (χ4n) is 10.0. The van der Waals surface area contributed by atoms with Crippen molar-refractivity contribution in [1.82, 2.24) is 14.5 Å². The smallest absolute Gasteiger partial charge is 0.160 e. The number of para-hydroxylation sites is 3. The first kappa shape index (κ1) is 36.0. The highest BCUT2D eigenvalue weighted by molar-refractivity contribution is 6.14. The second-order valence-electron chi connectivity index (χ2n) is 16.9. The molecule has 0 saturated heterocycles. The minimum absolute atomic E-state index is 0.123. The molecule has 11 aromatic rings. The highest BCUT2D eigenvalue weighted by atomic mass is 15.0. The zero-order valence-corrected chi connectivity index (χ0v) is 34.5. The van der Waals surface area contributed by atoms with Crippen LogP contribution in [-0.2, 0) is 5.41 Å². The van der Waals surface area contributed by atoms with Crippen LogP contribution >= 0.6 is 0 Å². The molecule has 12 rings (SSSR count). The molecule has 3 heteroatoms. The number of hydrogen-bond acceptors (Lipinski definition) is 2. The van der Waals surface area contributed by atoms with Gasteiger partial charge >= 0.3 is 0 Å². The molecule has 1 aliphatic carbocycles. The number of hydrogen-bond donors (Lipinski definition) is 0. The molecule has 0 radical (unpaired) electrons. The molecule has 9 aromatic carbocycles. The lowest BCUT2D eigenvalue weighted by Gasteiger charge is -2.22. The summed E-state index contributed by atoms with van der Waals surface area (Å²) in [5, 5.41) is 4.99. The lowest BCUT2D eigenvalue weighted by Crippen LogP contribution is -2.14. The molecule has 0 aliphatic heterocycles. The highest BCUT2D eigenvalue weighted by Crippen LogP contribution is 2.53. The average Bonchev–Trinajstić information content (AvgIpc) is 3.79. The van der Waals surface area contributed by atoms with Crippen LogP contribution in [-0.4, -0.2) is 14.5 Å². The summed E-state index contributed by atoms with van der Waals surface area (Å²) < 4.78 is 2.41. The van der Waals surface area contributed by atoms with Crippen LogP contribution in [0.5, 0.6) is 0 Å². The van der Waals surface area contributed by atoms with Crippen LogP contribution in [0.1, 0.15) is 25.0 Å². The van der Waals surface area contributed by atoms with E-state index in [2.05, 4.69) is 225 Å². The predicted molar refractivity (Wildman–Crippen MR) is 259 cm³/mol. The Bertz CT molecular complexity index is 3540. The maximum absolute atomic E-state index is 5.36. The summed E-state index contributed by atoms with van der Waals surface area (Å²) >= 11 is 0. The Labute approximate surface area is 361 Å². The van der Waals surface area contributed by atoms with Crippen LogP contribution in [0.4, 0.5) is 0 Å². The van der Waals surface area contributed by atoms with Gasteiger partial charge < -0.3 is 4.57 Å². The number of rotatable bonds is 6. The van der Waals surface area contributed by atoms with E-state index in [9.17, 15) is 0 Å². The van der Waals surface area contributed by atoms with Crippen molar-refractivity contribution in [3.05, 3.63) is 223 Å². The molecule has 62 heavy (non-hydrogen) atoms. The van der Waals surface area contributed by atoms with Crippen LogP contribution in [0, 0.1) is 0 Å². The minimum Gasteiger partial charge on any atom is -0.309 e. The van der Waals surface area contributed by atoms with Gasteiger partial charge in [-0.15, -0.1) is 0 Å². The Kier molecular flexibility index (Phi) is 8.20. The highest BCUT2D eigenvalue weighted by Gasteiger charge is 2.37. The standard InChI is InChI=1S/C59H41N3/c1-59(2)51-32-17-29-44(56(51)50-35-39-20-9-10-21-40(39)36-52(50)59)41-22-15-23-42(34-41)53-37-54(61-58(60-53)38-18-5-3-6-19-38)46-27-12-11-26-45(46)48-30-16-31-49-47-28-13-14-33-55(47)62(57(48)49)43-24-7-4-8-25-43/h3-37H,1-2H3. The van der Waals surface area contributed by atoms with E-state index in [0.717, 1.165) is 44.9 Å². The van der Waals surface area contributed by atoms with Crippen molar-refractivity contribution in [2.75, 3.05) is 0 Å². The molecule has 2 heterocycles. The largest absolute Gasteiger partial charge is 0.309 e. The molecule has 3 nitrogen and oxygen atoms in total. The van der Waals surface area contributed by atoms with Crippen molar-refractivity contribution in [2.45, 2.75) is 19.3 Å². The van der Waals surface area contributed by atoms with Crippen LogP contribution in [0.2, 0.25) is 0 Å². The molecule has 0 saturated carbocycles. The van der Waals surface area contributed by atoms with Gasteiger partial charge in [0, 0.05) is 44.1 Å². The van der Waals surface area contributed by atoms with Crippen molar-refractivity contribution in [3.63, 3.8) is 0 Å². The summed E-state index contributed by atoms with van der Waals surface area (Å²) in [7, 11) is 0. The van der Waals surface area contributed by atoms with Crippen molar-refractivity contribution < 1.29 is 0 Å². The average molecular weight is 792 g/mol. The van der Waals surface area contributed by atoms with E-state index in [1.54, 1.807) is 0 Å². The quantitative estimate of drug-likeness (QED) is 0.168. The summed E-state index contributed by atoms with van der Waals surface area (Å²) in [5.74, 6) is 0.693. The number of fused-ring (bicyclic) bond motifs is 7. The van der Waals surface area contributed by atoms with E-state index in [-0.39, 0.29) is 5.41 Å². The van der Waals surface area contributed by atoms with Crippen molar-refractivity contribution in [2.24, 2.45) is 0 Å². The van der Waals surface area contributed by atoms with Gasteiger partial charge in [0.25, 0.3) is 0 Å². The normalized spacial score (nSPS) is 12.8. The Morgan fingerprint density at radius 3 is 1.82 bits per heavy atom. The third-order valence-electron chi connectivity index (χ3n) is 13.0. The van der Waals surface area contributed by atoms with E-state index >= 15 is 0 Å². The second kappa shape index (κ2) is 14.1. The first-order valence-electron chi connectivity index (χ1n) is 21.4. The molecule has 0 bridgehead atoms. The lowest BCUT2D eigenvalue weighted by molar-refractivity contribution is 0.661. The van der Waals surface area contributed by atoms with Crippen molar-refractivity contribution in [3.8, 4) is 73.0 Å². The first-order valence-corrected chi connectivity index (χ1v) is 21.4. The Morgan fingerprint density at radius 1 is 0.387 bits per heavy atom. The minimum atomic E-state index is -0.123. The third kappa shape index (κ3) is 5.66. The van der Waals surface area contributed by atoms with E-state index in [0.29, 0.717) is 5.82 Å². The Morgan fingerprint density at radius 2 is 0.984 bits per heavy atom. The first-order chi connectivity index (χ1) is 30.5. The van der Waals surface area contributed by atoms with Crippen LogP contribution < -0.4 is 0 Å². The van der Waals surface area contributed by atoms with E-state index < -0.39 is 0 Å². The number of aromatic nitrogens is 3. The van der Waals surface area contributed by atoms with Crippen molar-refractivity contribution in [1.29, 1.82) is 0 Å². The number of nitrogens with zero attached hydrogens (tertiary/aromatic N) is 3. The third-order valence-corrected chi connectivity index (χ3v) is 13.0. The molecule has 1 aliphatic rings. The number of benzene rings is 9. The van der Waals surface area contributed by atoms with E-state index in [4.69, 9.17) is 9.97 Å². The van der Waals surface area contributed by atoms with Gasteiger partial charge in [0.1, 0.15) is 0 Å². The molecular weight excluding hydrogens is 751 g/mol. The monoisotopic (exact) mass is 791 g/mol. The topological polar surface area (TPSA) is 30.7 Å². The Hall–Kier alpha value is -7.88. The summed E-state index contributed by atoms with van der Waals surface area (Å²) in [6.07, 6.45) is 0. The zero-order valence-electron chi connectivity index (χ0n) is 34.5. The van der Waals surface area contributed by atoms with Gasteiger partial charge in [-0.2, -0.15) is 0 Å². The molecule has 0 unspecified atom stereocenters. The molecule has 292 valence electrons. The molecule has 0 spiro atoms. The molecular formula is C59H41N3. The Balaban J connectivity index is 1.05. The molecule has 0 atom stereocenters. The molecule has 2 aromatic heterocycles. The molecule has 0 amide bonds. The maximum Gasteiger partial charge on any atom is 0.160 e. The fourth-order valence-corrected chi connectivity index (χ4v) is 10.0. The summed E-state index contributed by atoms with van der Waals surface area (Å²) in [6, 6.07) is 76.6. The van der Waals surface area contributed by atoms with Crippen LogP contribution in [0.3, 0.4) is 0 Å². The van der Waals surface area contributed by atoms with Gasteiger partial charge in [0.15, 0.2) is 5.82 Å². The summed E-state index contributed by atoms with van der Waals surface area (Å²) in [6.45, 7) is 4.72. The fraction of sp³-hybridized carbons (Fsp3) is 0.0508. The van der Waals surface area contributed by atoms with Crippen LogP contribution in [0.15, 0.2) is 212 Å². The van der Waals surface area contributed by atoms with Gasteiger partial charge in [-0.3, -0.25) is 0 Å². The van der Waals surface area contributed by atoms with Gasteiger partial charge in [0.05, 0.1) is 22.4 Å². The predicted octanol–water partition coefficient (Wildman–Crippen LogP) is 15.4. The summed E-state index contributed by atoms with van der Waals surface area (Å²) in [4.78, 5) is 10.7. The van der Waals surface area contributed by atoms with E-state index in [1.165, 1.54) is 66.0 Å².